The smallest absolute Gasteiger partial charge is 0.184 e. The predicted molar refractivity (Wildman–Crippen MR) is 175 cm³/mol. The van der Waals surface area contributed by atoms with E-state index in [0.717, 1.165) is 87.3 Å². The first-order valence-corrected chi connectivity index (χ1v) is 17.2. The molecule has 0 radical (unpaired) electrons. The van der Waals surface area contributed by atoms with Gasteiger partial charge < -0.3 is 30.1 Å². The largest absolute Gasteiger partial charge is 0.592 e. The number of rotatable bonds is 17. The normalized spacial score (nSPS) is 22.8. The van der Waals surface area contributed by atoms with Gasteiger partial charge >= 0.3 is 0 Å². The quantitative estimate of drug-likeness (QED) is 0.149. The van der Waals surface area contributed by atoms with Crippen LogP contribution in [0.4, 0.5) is 0 Å². The lowest BCUT2D eigenvalue weighted by molar-refractivity contribution is 0.123. The maximum absolute atomic E-state index is 10.7. The summed E-state index contributed by atoms with van der Waals surface area (Å²) < 4.78 is 12.6. The molecule has 1 aromatic rings. The Bertz CT molecular complexity index is 1150. The van der Waals surface area contributed by atoms with E-state index in [-0.39, 0.29) is 30.0 Å². The average Bonchev–Trinajstić information content (AvgIpc) is 3.84. The van der Waals surface area contributed by atoms with Crippen LogP contribution in [0.3, 0.4) is 0 Å². The van der Waals surface area contributed by atoms with E-state index in [1.54, 1.807) is 6.07 Å². The summed E-state index contributed by atoms with van der Waals surface area (Å²) in [6.07, 6.45) is 20.2. The molecule has 2 aliphatic heterocycles. The molecule has 44 heavy (non-hydrogen) atoms. The molecule has 1 unspecified atom stereocenters. The van der Waals surface area contributed by atoms with Crippen LogP contribution in [-0.2, 0) is 11.2 Å². The van der Waals surface area contributed by atoms with E-state index in [0.29, 0.717) is 30.7 Å². The molecule has 4 N–H and O–H groups in total. The molecule has 0 amide bonds. The molecule has 7 nitrogen and oxygen atoms in total. The monoisotopic (exact) mass is 606 g/mol. The standard InChI is InChI=1S/C37H54N2O5/c1-3-4-11-34-30(24-40)19-31(44-34)14-12-27-13-15-33(42)35(18-27)43-25-37(16-7-8-17-37)36-20-29(22-39-36)32(23-38-21-26(2)41)28-9-5-6-10-28/h13,15,18-20,22,26,28,32,34,38,40-42H,3-12,14,16-17,21,23-25H2,1-2H3/t26-,32+,34?/m0/s1. The van der Waals surface area contributed by atoms with Crippen LogP contribution >= 0.6 is 0 Å². The molecule has 0 spiro atoms. The number of aryl methyl sites for hydroxylation is 1. The lowest BCUT2D eigenvalue weighted by atomic mass is 9.78. The number of allylic oxidation sites excluding steroid dienone is 2. The first-order valence-electron chi connectivity index (χ1n) is 17.2. The average molecular weight is 607 g/mol. The highest BCUT2D eigenvalue weighted by Gasteiger charge is 2.48. The van der Waals surface area contributed by atoms with Crippen molar-refractivity contribution in [2.45, 2.75) is 110 Å². The molecule has 0 aromatic heterocycles. The second-order valence-electron chi connectivity index (χ2n) is 13.6. The van der Waals surface area contributed by atoms with E-state index in [4.69, 9.17) is 14.5 Å². The highest BCUT2D eigenvalue weighted by molar-refractivity contribution is 5.83. The van der Waals surface area contributed by atoms with E-state index >= 15 is 0 Å². The minimum atomic E-state index is -0.352. The molecule has 0 bridgehead atoms. The number of hydrogen-bond donors (Lipinski definition) is 4. The van der Waals surface area contributed by atoms with Crippen molar-refractivity contribution in [2.75, 3.05) is 26.3 Å². The summed E-state index contributed by atoms with van der Waals surface area (Å²) in [5.41, 5.74) is 2.06. The predicted octanol–water partition coefficient (Wildman–Crippen LogP) is 6.62. The van der Waals surface area contributed by atoms with Gasteiger partial charge in [0.1, 0.15) is 30.2 Å². The van der Waals surface area contributed by atoms with Gasteiger partial charge in [0.2, 0.25) is 0 Å². The summed E-state index contributed by atoms with van der Waals surface area (Å²) in [5, 5.41) is 33.8. The first-order chi connectivity index (χ1) is 21.4. The molecule has 4 aliphatic rings. The number of aliphatic hydroxyl groups is 2. The summed E-state index contributed by atoms with van der Waals surface area (Å²) >= 11 is 0. The van der Waals surface area contributed by atoms with Crippen molar-refractivity contribution in [2.24, 2.45) is 22.2 Å². The number of aromatic hydroxyl groups is 1. The Labute approximate surface area is 264 Å². The van der Waals surface area contributed by atoms with Crippen molar-refractivity contribution in [1.82, 2.24) is 5.32 Å². The molecule has 2 saturated carbocycles. The molecule has 2 fully saturated rings. The van der Waals surface area contributed by atoms with Gasteiger partial charge in [-0.05, 0) is 69.1 Å². The van der Waals surface area contributed by atoms with E-state index < -0.39 is 0 Å². The SMILES string of the molecule is CCCCC1OC(CCc2ccc(O)c(OCC3(C4=C[C+]([C@H](CNC[C@H](C)O)C5CCCC5)C=N4)CCCC3)c2)=C[C-]1CO. The van der Waals surface area contributed by atoms with Gasteiger partial charge in [-0.3, -0.25) is 0 Å². The summed E-state index contributed by atoms with van der Waals surface area (Å²) in [5.74, 6) is 4.95. The molecular weight excluding hydrogens is 552 g/mol. The Kier molecular flexibility index (Phi) is 11.6. The third-order valence-electron chi connectivity index (χ3n) is 10.2. The number of nitrogens with one attached hydrogen (secondary N) is 1. The van der Waals surface area contributed by atoms with Crippen LogP contribution in [0, 0.1) is 29.1 Å². The fraction of sp³-hybridized carbons (Fsp3) is 0.649. The zero-order valence-electron chi connectivity index (χ0n) is 26.9. The number of phenolic OH excluding ortho intramolecular Hbond substituents is 1. The van der Waals surface area contributed by atoms with Gasteiger partial charge in [0.15, 0.2) is 17.2 Å². The zero-order chi connectivity index (χ0) is 30.9. The molecule has 3 atom stereocenters. The van der Waals surface area contributed by atoms with Gasteiger partial charge in [-0.1, -0.05) is 63.7 Å². The highest BCUT2D eigenvalue weighted by Crippen LogP contribution is 2.49. The molecule has 2 heterocycles. The summed E-state index contributed by atoms with van der Waals surface area (Å²) in [4.78, 5) is 5.01. The van der Waals surface area contributed by atoms with Gasteiger partial charge in [0.05, 0.1) is 12.0 Å². The van der Waals surface area contributed by atoms with Crippen molar-refractivity contribution in [3.05, 3.63) is 59.2 Å². The summed E-state index contributed by atoms with van der Waals surface area (Å²) in [6, 6.07) is 5.65. The van der Waals surface area contributed by atoms with E-state index in [1.165, 1.54) is 31.6 Å². The Morgan fingerprint density at radius 3 is 2.68 bits per heavy atom. The lowest BCUT2D eigenvalue weighted by Gasteiger charge is -2.26. The number of aliphatic imine (C=N–C) groups is 1. The Hall–Kier alpha value is -2.61. The second-order valence-corrected chi connectivity index (χ2v) is 13.6. The zero-order valence-corrected chi connectivity index (χ0v) is 26.9. The number of ether oxygens (including phenoxy) is 2. The number of unbranched alkanes of at least 4 members (excludes halogenated alkanes) is 1. The van der Waals surface area contributed by atoms with Crippen molar-refractivity contribution in [3.8, 4) is 11.5 Å². The summed E-state index contributed by atoms with van der Waals surface area (Å²) in [7, 11) is 0. The van der Waals surface area contributed by atoms with Crippen molar-refractivity contribution >= 4 is 6.21 Å². The number of benzene rings is 1. The molecule has 5 rings (SSSR count). The first kappa shape index (κ1) is 32.8. The van der Waals surface area contributed by atoms with Crippen LogP contribution in [0.1, 0.15) is 96.5 Å². The van der Waals surface area contributed by atoms with Crippen molar-refractivity contribution < 1.29 is 24.8 Å². The van der Waals surface area contributed by atoms with Gasteiger partial charge in [-0.15, -0.1) is 4.99 Å². The molecule has 1 aromatic carbocycles. The molecule has 2 aliphatic carbocycles. The topological polar surface area (TPSA) is 104 Å². The third-order valence-corrected chi connectivity index (χ3v) is 10.2. The molecule has 7 heteroatoms. The lowest BCUT2D eigenvalue weighted by Crippen LogP contribution is -2.35. The van der Waals surface area contributed by atoms with Gasteiger partial charge in [-0.25, -0.2) is 0 Å². The second kappa shape index (κ2) is 15.6. The maximum Gasteiger partial charge on any atom is 0.184 e. The summed E-state index contributed by atoms with van der Waals surface area (Å²) in [6.45, 7) is 6.01. The van der Waals surface area contributed by atoms with E-state index in [1.807, 2.05) is 25.1 Å². The molecule has 242 valence electrons. The van der Waals surface area contributed by atoms with Crippen LogP contribution in [0.15, 0.2) is 46.8 Å². The van der Waals surface area contributed by atoms with Crippen LogP contribution in [0.25, 0.3) is 0 Å². The van der Waals surface area contributed by atoms with Crippen molar-refractivity contribution in [1.29, 1.82) is 0 Å². The van der Waals surface area contributed by atoms with Crippen LogP contribution in [0.2, 0.25) is 0 Å². The minimum absolute atomic E-state index is 0.00415. The highest BCUT2D eigenvalue weighted by atomic mass is 16.5. The number of phenols is 1. The Morgan fingerprint density at radius 1 is 1.16 bits per heavy atom. The fourth-order valence-electron chi connectivity index (χ4n) is 7.58. The van der Waals surface area contributed by atoms with Crippen LogP contribution in [-0.4, -0.2) is 60.0 Å². The van der Waals surface area contributed by atoms with Crippen molar-refractivity contribution in [3.63, 3.8) is 0 Å². The van der Waals surface area contributed by atoms with Gasteiger partial charge in [0, 0.05) is 25.8 Å². The minimum Gasteiger partial charge on any atom is -0.592 e. The number of nitrogens with zero attached hydrogens (tertiary/aromatic N) is 1. The molecular formula is C37H54N2O5. The Balaban J connectivity index is 1.22. The van der Waals surface area contributed by atoms with Crippen LogP contribution < -0.4 is 10.1 Å². The van der Waals surface area contributed by atoms with E-state index in [9.17, 15) is 15.3 Å². The van der Waals surface area contributed by atoms with Gasteiger partial charge in [-0.2, -0.15) is 12.0 Å². The van der Waals surface area contributed by atoms with Gasteiger partial charge in [0.25, 0.3) is 0 Å². The Morgan fingerprint density at radius 2 is 1.95 bits per heavy atom. The third kappa shape index (κ3) is 8.15. The number of aliphatic hydroxyl groups excluding tert-OH is 2. The van der Waals surface area contributed by atoms with E-state index in [2.05, 4.69) is 24.5 Å². The van der Waals surface area contributed by atoms with Crippen LogP contribution in [0.5, 0.6) is 11.5 Å². The maximum atomic E-state index is 10.7. The molecule has 0 saturated heterocycles. The fourth-order valence-corrected chi connectivity index (χ4v) is 7.58. The number of hydrogen-bond acceptors (Lipinski definition) is 7.